The SMILES string of the molecule is CCOc1cc(OC)ccc1CNCC(=O)N1CCCC(c2cccc(C(=O)N[C@@H](C(=O)N3CCC(OC4CCN(CC(=O)N5CCN(C(=O)c6cc(Cc7n[nH]c(=O)c8ccccc78)ccc6F)CC5)CC4)CC3)C3CCCCC3)c2)C1. The molecule has 4 aliphatic heterocycles. The van der Waals surface area contributed by atoms with Gasteiger partial charge >= 0.3 is 0 Å². The maximum Gasteiger partial charge on any atom is 0.272 e. The van der Waals surface area contributed by atoms with Crippen LogP contribution in [0.3, 0.4) is 0 Å². The number of carbonyl (C=O) groups is 5. The Hall–Kier alpha value is -7.22. The zero-order valence-corrected chi connectivity index (χ0v) is 48.1. The van der Waals surface area contributed by atoms with Crippen LogP contribution in [0.25, 0.3) is 10.8 Å². The summed E-state index contributed by atoms with van der Waals surface area (Å²) in [4.78, 5) is 91.0. The number of amides is 5. The van der Waals surface area contributed by atoms with Gasteiger partial charge in [0, 0.05) is 107 Å². The molecule has 5 aromatic rings. The Morgan fingerprint density at radius 2 is 1.46 bits per heavy atom. The van der Waals surface area contributed by atoms with E-state index in [0.717, 1.165) is 87.8 Å². The van der Waals surface area contributed by atoms with Gasteiger partial charge in [-0.15, -0.1) is 0 Å². The van der Waals surface area contributed by atoms with E-state index < -0.39 is 17.8 Å². The second-order valence-corrected chi connectivity index (χ2v) is 23.0. The summed E-state index contributed by atoms with van der Waals surface area (Å²) in [6.07, 6.45) is 10.1. The highest BCUT2D eigenvalue weighted by Crippen LogP contribution is 2.32. The van der Waals surface area contributed by atoms with E-state index in [1.807, 2.05) is 71.3 Å². The van der Waals surface area contributed by atoms with E-state index in [4.69, 9.17) is 14.2 Å². The Bertz CT molecular complexity index is 3150. The number of nitrogens with zero attached hydrogens (tertiary/aromatic N) is 6. The molecule has 1 aliphatic carbocycles. The quantitative estimate of drug-likeness (QED) is 0.0793. The molecule has 5 heterocycles. The molecule has 4 aromatic carbocycles. The summed E-state index contributed by atoms with van der Waals surface area (Å²) < 4.78 is 33.0. The fourth-order valence-electron chi connectivity index (χ4n) is 12.8. The third kappa shape index (κ3) is 14.8. The monoisotopic (exact) mass is 1140 g/mol. The second kappa shape index (κ2) is 27.9. The Morgan fingerprint density at radius 1 is 0.723 bits per heavy atom. The lowest BCUT2D eigenvalue weighted by molar-refractivity contribution is -0.140. The third-order valence-corrected chi connectivity index (χ3v) is 17.6. The number of hydrogen-bond donors (Lipinski definition) is 3. The summed E-state index contributed by atoms with van der Waals surface area (Å²) >= 11 is 0. The fourth-order valence-corrected chi connectivity index (χ4v) is 12.8. The van der Waals surface area contributed by atoms with E-state index >= 15 is 4.39 Å². The summed E-state index contributed by atoms with van der Waals surface area (Å²) in [6, 6.07) is 24.4. The molecule has 2 atom stereocenters. The topological polar surface area (TPSA) is 199 Å². The molecular weight excluding hydrogens is 1060 g/mol. The van der Waals surface area contributed by atoms with Gasteiger partial charge in [0.05, 0.1) is 55.7 Å². The number of likely N-dealkylation sites (tertiary alicyclic amines) is 3. The molecule has 5 aliphatic rings. The molecule has 0 spiro atoms. The van der Waals surface area contributed by atoms with Gasteiger partial charge in [-0.2, -0.15) is 5.10 Å². The highest BCUT2D eigenvalue weighted by molar-refractivity contribution is 5.98. The van der Waals surface area contributed by atoms with E-state index in [9.17, 15) is 28.8 Å². The van der Waals surface area contributed by atoms with Crippen molar-refractivity contribution in [3.05, 3.63) is 135 Å². The summed E-state index contributed by atoms with van der Waals surface area (Å²) in [5.74, 6) is 0.307. The Kier molecular flexibility index (Phi) is 19.8. The van der Waals surface area contributed by atoms with E-state index in [-0.39, 0.29) is 71.9 Å². The van der Waals surface area contributed by atoms with Gasteiger partial charge in [-0.1, -0.05) is 61.7 Å². The van der Waals surface area contributed by atoms with Gasteiger partial charge < -0.3 is 44.4 Å². The van der Waals surface area contributed by atoms with Crippen molar-refractivity contribution in [2.24, 2.45) is 5.92 Å². The van der Waals surface area contributed by atoms with E-state index in [1.54, 1.807) is 41.2 Å². The molecular formula is C64H80FN9O9. The van der Waals surface area contributed by atoms with Crippen LogP contribution >= 0.6 is 0 Å². The molecule has 83 heavy (non-hydrogen) atoms. The lowest BCUT2D eigenvalue weighted by atomic mass is 9.83. The summed E-state index contributed by atoms with van der Waals surface area (Å²) in [7, 11) is 1.62. The predicted molar refractivity (Wildman–Crippen MR) is 313 cm³/mol. The van der Waals surface area contributed by atoms with E-state index in [2.05, 4.69) is 25.7 Å². The predicted octanol–water partition coefficient (Wildman–Crippen LogP) is 6.69. The molecule has 1 saturated carbocycles. The number of aromatic nitrogens is 2. The Balaban J connectivity index is 0.650. The minimum atomic E-state index is -0.616. The normalized spacial score (nSPS) is 19.1. The van der Waals surface area contributed by atoms with Gasteiger partial charge in [0.15, 0.2) is 0 Å². The van der Waals surface area contributed by atoms with Crippen LogP contribution in [-0.4, -0.2) is 175 Å². The molecule has 5 fully saturated rings. The molecule has 0 radical (unpaired) electrons. The highest BCUT2D eigenvalue weighted by atomic mass is 19.1. The van der Waals surface area contributed by atoms with Gasteiger partial charge in [-0.3, -0.25) is 33.7 Å². The average Bonchev–Trinajstić information content (AvgIpc) is 3.61. The highest BCUT2D eigenvalue weighted by Gasteiger charge is 2.37. The van der Waals surface area contributed by atoms with E-state index in [1.165, 1.54) is 6.07 Å². The third-order valence-electron chi connectivity index (χ3n) is 17.6. The van der Waals surface area contributed by atoms with E-state index in [0.29, 0.717) is 118 Å². The van der Waals surface area contributed by atoms with Crippen LogP contribution in [0.15, 0.2) is 89.7 Å². The van der Waals surface area contributed by atoms with Crippen molar-refractivity contribution < 1.29 is 42.6 Å². The number of methoxy groups -OCH3 is 1. The molecule has 5 amide bonds. The lowest BCUT2D eigenvalue weighted by Crippen LogP contribution is -2.55. The van der Waals surface area contributed by atoms with Gasteiger partial charge in [0.1, 0.15) is 23.4 Å². The number of benzene rings is 4. The molecule has 10 rings (SSSR count). The number of piperazine rings is 1. The molecule has 19 heteroatoms. The van der Waals surface area contributed by atoms with Gasteiger partial charge in [0.25, 0.3) is 17.4 Å². The molecule has 18 nitrogen and oxygen atoms in total. The standard InChI is InChI=1S/C64H80FN9O9/c1-3-82-57-38-51(81-2)20-19-47(57)39-66-40-58(75)74-26-10-15-48(41-74)45-13-9-14-46(37-45)61(77)67-60(44-11-5-4-6-12-44)64(80)72-29-24-50(25-30-72)83-49-22-27-70(28-23-49)42-59(76)71-31-33-73(34-32-71)63(79)54-35-43(18-21-55(54)65)36-56-52-16-7-8-17-53(52)62(78)69-68-56/h7-9,13-14,16-21,35,37-38,44,48-50,60,66H,3-6,10-12,15,22-34,36,39-42H2,1-2H3,(H,67,77)(H,69,78)/t48?,60-/m1/s1. The van der Waals surface area contributed by atoms with Crippen molar-refractivity contribution in [2.75, 3.05) is 92.3 Å². The summed E-state index contributed by atoms with van der Waals surface area (Å²) in [6.45, 7) is 8.51. The molecule has 1 unspecified atom stereocenters. The van der Waals surface area contributed by atoms with Gasteiger partial charge in [-0.05, 0) is 112 Å². The van der Waals surface area contributed by atoms with Crippen molar-refractivity contribution in [1.29, 1.82) is 0 Å². The van der Waals surface area contributed by atoms with Crippen molar-refractivity contribution in [3.63, 3.8) is 0 Å². The molecule has 1 aromatic heterocycles. The summed E-state index contributed by atoms with van der Waals surface area (Å²) in [5.41, 5.74) is 3.46. The number of carbonyl (C=O) groups excluding carboxylic acids is 5. The Labute approximate surface area is 485 Å². The number of piperidine rings is 3. The minimum Gasteiger partial charge on any atom is -0.497 e. The minimum absolute atomic E-state index is 0.00301. The zero-order valence-electron chi connectivity index (χ0n) is 48.1. The van der Waals surface area contributed by atoms with Crippen LogP contribution in [-0.2, 0) is 32.1 Å². The van der Waals surface area contributed by atoms with Crippen molar-refractivity contribution in [1.82, 2.24) is 45.3 Å². The van der Waals surface area contributed by atoms with Crippen LogP contribution in [0.1, 0.15) is 127 Å². The van der Waals surface area contributed by atoms with Crippen LogP contribution < -0.4 is 25.7 Å². The number of aromatic amines is 1. The lowest BCUT2D eigenvalue weighted by Gasteiger charge is -2.40. The number of ether oxygens (including phenoxy) is 3. The number of nitrogens with one attached hydrogen (secondary N) is 3. The number of rotatable bonds is 19. The zero-order chi connectivity index (χ0) is 57.8. The maximum atomic E-state index is 15.2. The smallest absolute Gasteiger partial charge is 0.272 e. The van der Waals surface area contributed by atoms with Crippen LogP contribution in [0, 0.1) is 11.7 Å². The first-order valence-corrected chi connectivity index (χ1v) is 30.1. The number of fused-ring (bicyclic) bond motifs is 1. The molecule has 3 N–H and O–H groups in total. The van der Waals surface area contributed by atoms with Crippen molar-refractivity contribution in [2.45, 2.75) is 115 Å². The van der Waals surface area contributed by atoms with Crippen molar-refractivity contribution >= 4 is 40.3 Å². The van der Waals surface area contributed by atoms with Crippen LogP contribution in [0.5, 0.6) is 11.5 Å². The molecule has 0 bridgehead atoms. The van der Waals surface area contributed by atoms with Crippen LogP contribution in [0.4, 0.5) is 4.39 Å². The molecule has 4 saturated heterocycles. The second-order valence-electron chi connectivity index (χ2n) is 23.0. The first kappa shape index (κ1) is 59.0. The van der Waals surface area contributed by atoms with Crippen molar-refractivity contribution in [3.8, 4) is 11.5 Å². The molecule has 442 valence electrons. The number of halogens is 1. The first-order valence-electron chi connectivity index (χ1n) is 30.1. The summed E-state index contributed by atoms with van der Waals surface area (Å²) in [5, 5.41) is 14.5. The largest absolute Gasteiger partial charge is 0.497 e. The van der Waals surface area contributed by atoms with Gasteiger partial charge in [0.2, 0.25) is 17.7 Å². The van der Waals surface area contributed by atoms with Crippen LogP contribution in [0.2, 0.25) is 0 Å². The first-order chi connectivity index (χ1) is 40.4. The average molecular weight is 1140 g/mol. The van der Waals surface area contributed by atoms with Gasteiger partial charge in [-0.25, -0.2) is 9.49 Å². The number of H-pyrrole nitrogens is 1. The maximum absolute atomic E-state index is 15.2. The Morgan fingerprint density at radius 3 is 2.20 bits per heavy atom. The fraction of sp³-hybridized carbons (Fsp3) is 0.516. The number of hydrogen-bond acceptors (Lipinski definition) is 12.